The fourth-order valence-corrected chi connectivity index (χ4v) is 2.58. The number of nitrogens with zero attached hydrogens (tertiary/aromatic N) is 1. The lowest BCUT2D eigenvalue weighted by Crippen LogP contribution is -2.51. The molecule has 0 spiro atoms. The van der Waals surface area contributed by atoms with E-state index in [1.807, 2.05) is 18.2 Å². The molecule has 0 aromatic heterocycles. The van der Waals surface area contributed by atoms with Crippen LogP contribution in [0, 0.1) is 0 Å². The molecule has 0 radical (unpaired) electrons. The summed E-state index contributed by atoms with van der Waals surface area (Å²) in [5.74, 6) is 0.881. The molecule has 0 fully saturated rings. The summed E-state index contributed by atoms with van der Waals surface area (Å²) in [5.41, 5.74) is 7.12. The molecule has 1 atom stereocenters. The molecular weight excluding hydrogens is 272 g/mol. The molecule has 0 saturated carbocycles. The number of rotatable bonds is 8. The summed E-state index contributed by atoms with van der Waals surface area (Å²) in [6, 6.07) is 5.76. The standard InChI is InChI=1S/C16H27ClN2O/c1-5-9-19(16(3,6-2)12-18)11-13-10-14(17)7-8-15(13)20-4/h7-8,10H,5-6,9,11-12,18H2,1-4H3. The molecule has 20 heavy (non-hydrogen) atoms. The van der Waals surface area contributed by atoms with Gasteiger partial charge in [-0.2, -0.15) is 0 Å². The summed E-state index contributed by atoms with van der Waals surface area (Å²) >= 11 is 6.12. The largest absolute Gasteiger partial charge is 0.496 e. The summed E-state index contributed by atoms with van der Waals surface area (Å²) in [5, 5.41) is 0.739. The second-order valence-corrected chi connectivity index (χ2v) is 5.87. The molecule has 114 valence electrons. The van der Waals surface area contributed by atoms with Crippen LogP contribution in [0.25, 0.3) is 0 Å². The number of hydrogen-bond donors (Lipinski definition) is 1. The van der Waals surface area contributed by atoms with Crippen LogP contribution in [0.1, 0.15) is 39.2 Å². The van der Waals surface area contributed by atoms with Crippen LogP contribution >= 0.6 is 11.6 Å². The number of halogens is 1. The fraction of sp³-hybridized carbons (Fsp3) is 0.625. The lowest BCUT2D eigenvalue weighted by Gasteiger charge is -2.40. The highest BCUT2D eigenvalue weighted by Crippen LogP contribution is 2.28. The molecule has 3 nitrogen and oxygen atoms in total. The second-order valence-electron chi connectivity index (χ2n) is 5.43. The third kappa shape index (κ3) is 4.11. The first kappa shape index (κ1) is 17.3. The second kappa shape index (κ2) is 7.87. The van der Waals surface area contributed by atoms with Crippen LogP contribution in [0.5, 0.6) is 5.75 Å². The number of benzene rings is 1. The van der Waals surface area contributed by atoms with Gasteiger partial charge in [0, 0.05) is 29.2 Å². The van der Waals surface area contributed by atoms with Crippen molar-refractivity contribution in [3.8, 4) is 5.75 Å². The van der Waals surface area contributed by atoms with Gasteiger partial charge in [0.2, 0.25) is 0 Å². The van der Waals surface area contributed by atoms with E-state index in [2.05, 4.69) is 25.7 Å². The zero-order valence-electron chi connectivity index (χ0n) is 13.1. The van der Waals surface area contributed by atoms with Crippen LogP contribution < -0.4 is 10.5 Å². The predicted molar refractivity (Wildman–Crippen MR) is 86.5 cm³/mol. The van der Waals surface area contributed by atoms with E-state index in [0.29, 0.717) is 6.54 Å². The van der Waals surface area contributed by atoms with Gasteiger partial charge in [-0.15, -0.1) is 0 Å². The van der Waals surface area contributed by atoms with Gasteiger partial charge in [0.15, 0.2) is 0 Å². The van der Waals surface area contributed by atoms with Crippen molar-refractivity contribution >= 4 is 11.6 Å². The van der Waals surface area contributed by atoms with Crippen molar-refractivity contribution in [2.75, 3.05) is 20.2 Å². The molecule has 0 amide bonds. The summed E-state index contributed by atoms with van der Waals surface area (Å²) in [7, 11) is 1.69. The molecule has 2 N–H and O–H groups in total. The number of nitrogens with two attached hydrogens (primary N) is 1. The smallest absolute Gasteiger partial charge is 0.123 e. The molecule has 4 heteroatoms. The van der Waals surface area contributed by atoms with E-state index >= 15 is 0 Å². The summed E-state index contributed by atoms with van der Waals surface area (Å²) in [4.78, 5) is 2.43. The van der Waals surface area contributed by atoms with Crippen LogP contribution in [-0.2, 0) is 6.54 Å². The van der Waals surface area contributed by atoms with Crippen molar-refractivity contribution in [2.24, 2.45) is 5.73 Å². The van der Waals surface area contributed by atoms with Gasteiger partial charge in [-0.3, -0.25) is 4.90 Å². The van der Waals surface area contributed by atoms with Crippen LogP contribution in [0.3, 0.4) is 0 Å². The van der Waals surface area contributed by atoms with Gasteiger partial charge in [-0.1, -0.05) is 25.4 Å². The molecule has 1 aromatic rings. The average molecular weight is 299 g/mol. The summed E-state index contributed by atoms with van der Waals surface area (Å²) in [6.45, 7) is 9.06. The van der Waals surface area contributed by atoms with Crippen LogP contribution in [0.15, 0.2) is 18.2 Å². The highest BCUT2D eigenvalue weighted by molar-refractivity contribution is 6.30. The van der Waals surface area contributed by atoms with E-state index in [-0.39, 0.29) is 5.54 Å². The topological polar surface area (TPSA) is 38.5 Å². The lowest BCUT2D eigenvalue weighted by atomic mass is 9.95. The highest BCUT2D eigenvalue weighted by atomic mass is 35.5. The first-order chi connectivity index (χ1) is 9.50. The van der Waals surface area contributed by atoms with Crippen LogP contribution in [0.2, 0.25) is 5.02 Å². The van der Waals surface area contributed by atoms with Gasteiger partial charge in [-0.05, 0) is 44.5 Å². The molecular formula is C16H27ClN2O. The normalized spacial score (nSPS) is 14.3. The van der Waals surface area contributed by atoms with Gasteiger partial charge < -0.3 is 10.5 Å². The number of hydrogen-bond acceptors (Lipinski definition) is 3. The van der Waals surface area contributed by atoms with Crippen molar-refractivity contribution < 1.29 is 4.74 Å². The molecule has 1 aromatic carbocycles. The quantitative estimate of drug-likeness (QED) is 0.795. The van der Waals surface area contributed by atoms with E-state index in [4.69, 9.17) is 22.1 Å². The zero-order chi connectivity index (χ0) is 15.2. The Bertz CT molecular complexity index is 419. The minimum absolute atomic E-state index is 0.00331. The predicted octanol–water partition coefficient (Wildman–Crippen LogP) is 3.69. The number of ether oxygens (including phenoxy) is 1. The maximum absolute atomic E-state index is 6.12. The van der Waals surface area contributed by atoms with Gasteiger partial charge >= 0.3 is 0 Å². The molecule has 0 bridgehead atoms. The van der Waals surface area contributed by atoms with Crippen molar-refractivity contribution in [1.29, 1.82) is 0 Å². The Hall–Kier alpha value is -0.770. The molecule has 1 rings (SSSR count). The molecule has 0 saturated heterocycles. The van der Waals surface area contributed by atoms with Crippen molar-refractivity contribution in [3.63, 3.8) is 0 Å². The first-order valence-electron chi connectivity index (χ1n) is 7.28. The Kier molecular flexibility index (Phi) is 6.80. The fourth-order valence-electron chi connectivity index (χ4n) is 2.38. The van der Waals surface area contributed by atoms with Gasteiger partial charge in [-0.25, -0.2) is 0 Å². The van der Waals surface area contributed by atoms with E-state index in [9.17, 15) is 0 Å². The Morgan fingerprint density at radius 3 is 2.55 bits per heavy atom. The van der Waals surface area contributed by atoms with E-state index in [1.165, 1.54) is 0 Å². The Labute approximate surface area is 128 Å². The van der Waals surface area contributed by atoms with Crippen molar-refractivity contribution in [2.45, 2.75) is 45.7 Å². The van der Waals surface area contributed by atoms with Crippen molar-refractivity contribution in [1.82, 2.24) is 4.90 Å². The highest BCUT2D eigenvalue weighted by Gasteiger charge is 2.28. The Balaban J connectivity index is 3.04. The monoisotopic (exact) mass is 298 g/mol. The third-order valence-corrected chi connectivity index (χ3v) is 4.30. The Morgan fingerprint density at radius 2 is 2.05 bits per heavy atom. The molecule has 0 aliphatic carbocycles. The molecule has 1 unspecified atom stereocenters. The molecule has 0 aliphatic heterocycles. The SMILES string of the molecule is CCCN(Cc1cc(Cl)ccc1OC)C(C)(CC)CN. The van der Waals surface area contributed by atoms with Gasteiger partial charge in [0.1, 0.15) is 5.75 Å². The summed E-state index contributed by atoms with van der Waals surface area (Å²) in [6.07, 6.45) is 2.12. The molecule has 0 heterocycles. The average Bonchev–Trinajstić information content (AvgIpc) is 2.46. The minimum Gasteiger partial charge on any atom is -0.496 e. The lowest BCUT2D eigenvalue weighted by molar-refractivity contribution is 0.0963. The zero-order valence-corrected chi connectivity index (χ0v) is 13.8. The van der Waals surface area contributed by atoms with E-state index in [0.717, 1.165) is 42.3 Å². The van der Waals surface area contributed by atoms with Crippen LogP contribution in [-0.4, -0.2) is 30.6 Å². The van der Waals surface area contributed by atoms with Gasteiger partial charge in [0.25, 0.3) is 0 Å². The van der Waals surface area contributed by atoms with Crippen LogP contribution in [0.4, 0.5) is 0 Å². The van der Waals surface area contributed by atoms with Crippen molar-refractivity contribution in [3.05, 3.63) is 28.8 Å². The van der Waals surface area contributed by atoms with E-state index in [1.54, 1.807) is 7.11 Å². The summed E-state index contributed by atoms with van der Waals surface area (Å²) < 4.78 is 5.44. The molecule has 0 aliphatic rings. The van der Waals surface area contributed by atoms with Gasteiger partial charge in [0.05, 0.1) is 7.11 Å². The maximum atomic E-state index is 6.12. The minimum atomic E-state index is 0.00331. The van der Waals surface area contributed by atoms with E-state index < -0.39 is 0 Å². The first-order valence-corrected chi connectivity index (χ1v) is 7.66. The number of methoxy groups -OCH3 is 1. The Morgan fingerprint density at radius 1 is 1.35 bits per heavy atom. The third-order valence-electron chi connectivity index (χ3n) is 4.06. The maximum Gasteiger partial charge on any atom is 0.123 e.